The predicted octanol–water partition coefficient (Wildman–Crippen LogP) is 11.6. The first-order chi connectivity index (χ1) is 22.8. The van der Waals surface area contributed by atoms with Crippen LogP contribution in [0.25, 0.3) is 92.0 Å². The highest BCUT2D eigenvalue weighted by Crippen LogP contribution is 2.44. The van der Waals surface area contributed by atoms with Gasteiger partial charge in [-0.2, -0.15) is 0 Å². The molecule has 10 aromatic rings. The monoisotopic (exact) mass is 603 g/mol. The summed E-state index contributed by atoms with van der Waals surface area (Å²) in [5, 5.41) is 10.1. The average Bonchev–Trinajstić information content (AvgIpc) is 3.66. The van der Waals surface area contributed by atoms with Gasteiger partial charge in [0.05, 0.1) is 22.4 Å². The van der Waals surface area contributed by atoms with Crippen molar-refractivity contribution in [3.05, 3.63) is 152 Å². The second-order valence-electron chi connectivity index (χ2n) is 11.8. The van der Waals surface area contributed by atoms with Gasteiger partial charge in [0.2, 0.25) is 5.95 Å². The summed E-state index contributed by atoms with van der Waals surface area (Å²) in [6.45, 7) is 0. The topological polar surface area (TPSA) is 30.7 Å². The van der Waals surface area contributed by atoms with E-state index in [0.29, 0.717) is 5.95 Å². The van der Waals surface area contributed by atoms with Crippen molar-refractivity contribution in [2.45, 2.75) is 0 Å². The molecule has 0 aliphatic carbocycles. The van der Waals surface area contributed by atoms with Gasteiger partial charge < -0.3 is 0 Å². The molecule has 0 saturated carbocycles. The zero-order chi connectivity index (χ0) is 30.2. The quantitative estimate of drug-likeness (QED) is 0.201. The molecule has 0 spiro atoms. The van der Waals surface area contributed by atoms with Crippen LogP contribution in [-0.2, 0) is 0 Å². The van der Waals surface area contributed by atoms with E-state index in [1.165, 1.54) is 52.5 Å². The summed E-state index contributed by atoms with van der Waals surface area (Å²) in [6.07, 6.45) is 0. The van der Waals surface area contributed by atoms with Gasteiger partial charge in [-0.25, -0.2) is 9.97 Å². The van der Waals surface area contributed by atoms with Crippen LogP contribution < -0.4 is 0 Å². The molecule has 0 atom stereocenters. The Balaban J connectivity index is 1.37. The molecular weight excluding hydrogens is 579 g/mol. The standard InChI is InChI=1S/C42H25N3S/c1-3-13-28(14-4-1)34-24-35(29-15-5-2-6-16-29)44-42(43-34)45-36-21-19-26-11-7-9-17-30(26)40(36)32-23-33-39(25-37(32)45)46-38-22-20-27-12-8-10-18-31(27)41(33)38/h1-25H. The molecule has 0 unspecified atom stereocenters. The van der Waals surface area contributed by atoms with E-state index < -0.39 is 0 Å². The summed E-state index contributed by atoms with van der Waals surface area (Å²) in [4.78, 5) is 10.5. The number of fused-ring (bicyclic) bond motifs is 10. The second kappa shape index (κ2) is 9.83. The van der Waals surface area contributed by atoms with Crippen LogP contribution in [0.3, 0.4) is 0 Å². The molecule has 0 aliphatic heterocycles. The highest BCUT2D eigenvalue weighted by molar-refractivity contribution is 7.26. The van der Waals surface area contributed by atoms with E-state index >= 15 is 0 Å². The van der Waals surface area contributed by atoms with Crippen LogP contribution in [0.5, 0.6) is 0 Å². The lowest BCUT2D eigenvalue weighted by molar-refractivity contribution is 0.996. The largest absolute Gasteiger partial charge is 0.278 e. The number of rotatable bonds is 3. The fraction of sp³-hybridized carbons (Fsp3) is 0. The molecule has 214 valence electrons. The first kappa shape index (κ1) is 25.5. The van der Waals surface area contributed by atoms with Crippen LogP contribution in [0, 0.1) is 0 Å². The molecule has 0 aliphatic rings. The van der Waals surface area contributed by atoms with Crippen molar-refractivity contribution in [3.8, 4) is 28.5 Å². The number of hydrogen-bond donors (Lipinski definition) is 0. The summed E-state index contributed by atoms with van der Waals surface area (Å²) in [5.41, 5.74) is 6.13. The van der Waals surface area contributed by atoms with Crippen LogP contribution in [-0.4, -0.2) is 14.5 Å². The zero-order valence-electron chi connectivity index (χ0n) is 24.7. The Morgan fingerprint density at radius 2 is 1.00 bits per heavy atom. The Labute approximate surface area is 268 Å². The molecule has 3 nitrogen and oxygen atoms in total. The van der Waals surface area contributed by atoms with Crippen molar-refractivity contribution in [2.24, 2.45) is 0 Å². The SMILES string of the molecule is c1ccc(-c2cc(-c3ccccc3)nc(-n3c4cc5sc6ccc7ccccc7c6c5cc4c4c5ccccc5ccc43)n2)cc1. The van der Waals surface area contributed by atoms with Crippen molar-refractivity contribution in [1.29, 1.82) is 0 Å². The Bertz CT molecular complexity index is 2740. The van der Waals surface area contributed by atoms with E-state index in [0.717, 1.165) is 33.5 Å². The maximum atomic E-state index is 5.27. The van der Waals surface area contributed by atoms with Gasteiger partial charge in [-0.1, -0.05) is 121 Å². The van der Waals surface area contributed by atoms with Crippen LogP contribution >= 0.6 is 11.3 Å². The summed E-state index contributed by atoms with van der Waals surface area (Å²) < 4.78 is 4.84. The average molecular weight is 604 g/mol. The minimum Gasteiger partial charge on any atom is -0.278 e. The molecule has 0 bridgehead atoms. The highest BCUT2D eigenvalue weighted by atomic mass is 32.1. The Morgan fingerprint density at radius 1 is 0.413 bits per heavy atom. The molecule has 46 heavy (non-hydrogen) atoms. The lowest BCUT2D eigenvalue weighted by Crippen LogP contribution is -2.04. The summed E-state index contributed by atoms with van der Waals surface area (Å²) in [6, 6.07) is 54.1. The van der Waals surface area contributed by atoms with Crippen molar-refractivity contribution >= 4 is 74.9 Å². The summed E-state index contributed by atoms with van der Waals surface area (Å²) in [7, 11) is 0. The molecule has 10 rings (SSSR count). The van der Waals surface area contributed by atoms with Crippen molar-refractivity contribution < 1.29 is 0 Å². The molecule has 0 radical (unpaired) electrons. The Hall–Kier alpha value is -5.84. The minimum absolute atomic E-state index is 0.668. The molecule has 3 aromatic heterocycles. The van der Waals surface area contributed by atoms with Gasteiger partial charge in [0.15, 0.2) is 0 Å². The molecule has 4 heteroatoms. The number of benzene rings is 7. The first-order valence-electron chi connectivity index (χ1n) is 15.5. The molecule has 0 amide bonds. The number of hydrogen-bond acceptors (Lipinski definition) is 3. The van der Waals surface area contributed by atoms with E-state index in [1.54, 1.807) is 0 Å². The fourth-order valence-electron chi connectivity index (χ4n) is 7.09. The van der Waals surface area contributed by atoms with Gasteiger partial charge in [0, 0.05) is 42.1 Å². The lowest BCUT2D eigenvalue weighted by atomic mass is 10.0. The molecular formula is C42H25N3S. The van der Waals surface area contributed by atoms with Gasteiger partial charge in [0.1, 0.15) is 0 Å². The van der Waals surface area contributed by atoms with E-state index in [-0.39, 0.29) is 0 Å². The minimum atomic E-state index is 0.668. The Morgan fingerprint density at radius 3 is 1.67 bits per heavy atom. The third kappa shape index (κ3) is 3.77. The second-order valence-corrected chi connectivity index (χ2v) is 12.9. The third-order valence-electron chi connectivity index (χ3n) is 9.19. The fourth-order valence-corrected chi connectivity index (χ4v) is 8.23. The lowest BCUT2D eigenvalue weighted by Gasteiger charge is -2.12. The van der Waals surface area contributed by atoms with Gasteiger partial charge >= 0.3 is 0 Å². The summed E-state index contributed by atoms with van der Waals surface area (Å²) >= 11 is 1.85. The van der Waals surface area contributed by atoms with Gasteiger partial charge in [0.25, 0.3) is 0 Å². The van der Waals surface area contributed by atoms with Gasteiger partial charge in [-0.3, -0.25) is 4.57 Å². The maximum absolute atomic E-state index is 5.27. The van der Waals surface area contributed by atoms with Crippen molar-refractivity contribution in [2.75, 3.05) is 0 Å². The predicted molar refractivity (Wildman–Crippen MR) is 195 cm³/mol. The summed E-state index contributed by atoms with van der Waals surface area (Å²) in [5.74, 6) is 0.668. The molecule has 3 heterocycles. The maximum Gasteiger partial charge on any atom is 0.235 e. The number of thiophene rings is 1. The van der Waals surface area contributed by atoms with Crippen LogP contribution in [0.2, 0.25) is 0 Å². The molecule has 7 aromatic carbocycles. The van der Waals surface area contributed by atoms with E-state index in [1.807, 2.05) is 23.5 Å². The molecule has 0 saturated heterocycles. The van der Waals surface area contributed by atoms with Crippen molar-refractivity contribution in [1.82, 2.24) is 14.5 Å². The van der Waals surface area contributed by atoms with E-state index in [2.05, 4.69) is 144 Å². The van der Waals surface area contributed by atoms with E-state index in [4.69, 9.17) is 9.97 Å². The van der Waals surface area contributed by atoms with E-state index in [9.17, 15) is 0 Å². The van der Waals surface area contributed by atoms with Crippen LogP contribution in [0.4, 0.5) is 0 Å². The number of nitrogens with zero attached hydrogens (tertiary/aromatic N) is 3. The van der Waals surface area contributed by atoms with Crippen LogP contribution in [0.15, 0.2) is 152 Å². The number of aromatic nitrogens is 3. The van der Waals surface area contributed by atoms with Crippen LogP contribution in [0.1, 0.15) is 0 Å². The van der Waals surface area contributed by atoms with Crippen molar-refractivity contribution in [3.63, 3.8) is 0 Å². The zero-order valence-corrected chi connectivity index (χ0v) is 25.5. The molecule has 0 N–H and O–H groups in total. The smallest absolute Gasteiger partial charge is 0.235 e. The normalized spacial score (nSPS) is 11.9. The molecule has 0 fully saturated rings. The third-order valence-corrected chi connectivity index (χ3v) is 10.3. The van der Waals surface area contributed by atoms with Gasteiger partial charge in [-0.15, -0.1) is 11.3 Å². The first-order valence-corrected chi connectivity index (χ1v) is 16.3. The highest BCUT2D eigenvalue weighted by Gasteiger charge is 2.21. The van der Waals surface area contributed by atoms with Gasteiger partial charge in [-0.05, 0) is 51.9 Å². The Kier molecular flexibility index (Phi) is 5.45.